The summed E-state index contributed by atoms with van der Waals surface area (Å²) in [4.78, 5) is 26.2. The summed E-state index contributed by atoms with van der Waals surface area (Å²) >= 11 is 6.76. The number of nitrogens with zero attached hydrogens (tertiary/aromatic N) is 1. The molecule has 0 aromatic heterocycles. The summed E-state index contributed by atoms with van der Waals surface area (Å²) < 4.78 is 5.80. The van der Waals surface area contributed by atoms with E-state index in [4.69, 9.17) is 17.0 Å². The van der Waals surface area contributed by atoms with E-state index in [0.717, 1.165) is 5.56 Å². The highest BCUT2D eigenvalue weighted by molar-refractivity contribution is 8.23. The Morgan fingerprint density at radius 3 is 2.63 bits per heavy atom. The summed E-state index contributed by atoms with van der Waals surface area (Å²) in [6, 6.07) is 6.53. The number of ether oxygens (including phenoxy) is 1. The summed E-state index contributed by atoms with van der Waals surface area (Å²) in [5.74, 6) is -0.323. The van der Waals surface area contributed by atoms with E-state index in [-0.39, 0.29) is 37.5 Å². The SMILES string of the molecule is COc1ccccc1[C@@H]1SC(=S)N(CCC(CO)CO)C(=O)[C@H]1NC(C)=O. The lowest BCUT2D eigenvalue weighted by molar-refractivity contribution is -0.133. The maximum absolute atomic E-state index is 13.1. The van der Waals surface area contributed by atoms with Crippen LogP contribution in [0.25, 0.3) is 0 Å². The molecule has 0 saturated carbocycles. The predicted molar refractivity (Wildman–Crippen MR) is 108 cm³/mol. The van der Waals surface area contributed by atoms with E-state index in [1.165, 1.54) is 23.6 Å². The monoisotopic (exact) mass is 412 g/mol. The van der Waals surface area contributed by atoms with Gasteiger partial charge < -0.3 is 20.3 Å². The van der Waals surface area contributed by atoms with E-state index in [1.54, 1.807) is 13.2 Å². The van der Waals surface area contributed by atoms with E-state index < -0.39 is 11.3 Å². The Morgan fingerprint density at radius 2 is 2.04 bits per heavy atom. The second-order valence-corrected chi connectivity index (χ2v) is 8.01. The number of aliphatic hydroxyl groups excluding tert-OH is 2. The summed E-state index contributed by atoms with van der Waals surface area (Å²) in [6.07, 6.45) is 0.408. The molecule has 1 aromatic rings. The zero-order chi connectivity index (χ0) is 20.0. The smallest absolute Gasteiger partial charge is 0.252 e. The Morgan fingerprint density at radius 1 is 1.37 bits per heavy atom. The van der Waals surface area contributed by atoms with Gasteiger partial charge in [-0.25, -0.2) is 0 Å². The van der Waals surface area contributed by atoms with Gasteiger partial charge in [-0.1, -0.05) is 42.2 Å². The van der Waals surface area contributed by atoms with E-state index in [2.05, 4.69) is 5.32 Å². The Hall–Kier alpha value is -1.68. The van der Waals surface area contributed by atoms with E-state index >= 15 is 0 Å². The molecule has 7 nitrogen and oxygen atoms in total. The standard InChI is InChI=1S/C18H24N2O5S2/c1-11(23)19-15-16(13-5-3-4-6-14(13)25-2)27-18(26)20(17(15)24)8-7-12(9-21)10-22/h3-6,12,15-16,21-22H,7-10H2,1-2H3,(H,19,23)/t15-,16-/m0/s1. The number of rotatable bonds is 8. The maximum Gasteiger partial charge on any atom is 0.252 e. The number of hydrogen-bond acceptors (Lipinski definition) is 7. The fourth-order valence-corrected chi connectivity index (χ4v) is 4.54. The number of aliphatic hydroxyl groups is 2. The number of methoxy groups -OCH3 is 1. The van der Waals surface area contributed by atoms with Gasteiger partial charge in [0.1, 0.15) is 16.1 Å². The Labute approximate surface area is 168 Å². The van der Waals surface area contributed by atoms with Gasteiger partial charge in [0.15, 0.2) is 0 Å². The summed E-state index contributed by atoms with van der Waals surface area (Å²) in [7, 11) is 1.55. The molecular weight excluding hydrogens is 388 g/mol. The molecule has 1 aromatic carbocycles. The van der Waals surface area contributed by atoms with Gasteiger partial charge in [0.2, 0.25) is 5.91 Å². The van der Waals surface area contributed by atoms with Crippen molar-refractivity contribution >= 4 is 40.1 Å². The van der Waals surface area contributed by atoms with Gasteiger partial charge in [-0.3, -0.25) is 14.5 Å². The van der Waals surface area contributed by atoms with Crippen molar-refractivity contribution in [2.24, 2.45) is 5.92 Å². The molecular formula is C18H24N2O5S2. The molecule has 3 N–H and O–H groups in total. The van der Waals surface area contributed by atoms with Gasteiger partial charge in [-0.05, 0) is 12.5 Å². The van der Waals surface area contributed by atoms with Gasteiger partial charge in [0, 0.05) is 38.2 Å². The molecule has 0 unspecified atom stereocenters. The minimum atomic E-state index is -0.794. The fraction of sp³-hybridized carbons (Fsp3) is 0.500. The van der Waals surface area contributed by atoms with Crippen LogP contribution in [-0.4, -0.2) is 64.2 Å². The average molecular weight is 413 g/mol. The highest BCUT2D eigenvalue weighted by Gasteiger charge is 2.42. The van der Waals surface area contributed by atoms with Crippen LogP contribution in [0.2, 0.25) is 0 Å². The molecule has 2 atom stereocenters. The lowest BCUT2D eigenvalue weighted by Crippen LogP contribution is -2.55. The first-order valence-corrected chi connectivity index (χ1v) is 9.85. The van der Waals surface area contributed by atoms with Crippen molar-refractivity contribution in [2.45, 2.75) is 24.6 Å². The van der Waals surface area contributed by atoms with Crippen molar-refractivity contribution in [1.29, 1.82) is 0 Å². The second kappa shape index (κ2) is 10.0. The molecule has 1 aliphatic heterocycles. The average Bonchev–Trinajstić information content (AvgIpc) is 2.66. The van der Waals surface area contributed by atoms with E-state index in [0.29, 0.717) is 16.5 Å². The van der Waals surface area contributed by atoms with Crippen LogP contribution in [0.3, 0.4) is 0 Å². The predicted octanol–water partition coefficient (Wildman–Crippen LogP) is 1.09. The Balaban J connectivity index is 2.29. The molecule has 1 heterocycles. The molecule has 0 bridgehead atoms. The van der Waals surface area contributed by atoms with Crippen LogP contribution in [-0.2, 0) is 9.59 Å². The molecule has 0 spiro atoms. The van der Waals surface area contributed by atoms with Crippen molar-refractivity contribution in [3.05, 3.63) is 29.8 Å². The summed E-state index contributed by atoms with van der Waals surface area (Å²) in [5, 5.41) is 20.8. The zero-order valence-corrected chi connectivity index (χ0v) is 16.9. The first-order valence-electron chi connectivity index (χ1n) is 8.56. The molecule has 1 saturated heterocycles. The number of thioether (sulfide) groups is 1. The van der Waals surface area contributed by atoms with E-state index in [9.17, 15) is 19.8 Å². The van der Waals surface area contributed by atoms with Gasteiger partial charge in [0.25, 0.3) is 5.91 Å². The lowest BCUT2D eigenvalue weighted by atomic mass is 10.0. The number of benzene rings is 1. The molecule has 148 valence electrons. The number of thiocarbonyl (C=S) groups is 1. The van der Waals surface area contributed by atoms with Crippen LogP contribution < -0.4 is 10.1 Å². The number of amides is 2. The normalized spacial score (nSPS) is 20.1. The van der Waals surface area contributed by atoms with Gasteiger partial charge >= 0.3 is 0 Å². The summed E-state index contributed by atoms with van der Waals surface area (Å²) in [6.45, 7) is 1.29. The molecule has 1 fully saturated rings. The number of carbonyl (C=O) groups is 2. The molecule has 0 radical (unpaired) electrons. The molecule has 0 aliphatic carbocycles. The summed E-state index contributed by atoms with van der Waals surface area (Å²) in [5.41, 5.74) is 0.780. The Bertz CT molecular complexity index is 696. The second-order valence-electron chi connectivity index (χ2n) is 6.23. The van der Waals surface area contributed by atoms with Crippen LogP contribution in [0.1, 0.15) is 24.2 Å². The zero-order valence-electron chi connectivity index (χ0n) is 15.3. The van der Waals surface area contributed by atoms with Crippen LogP contribution in [0.5, 0.6) is 5.75 Å². The lowest BCUT2D eigenvalue weighted by Gasteiger charge is -2.38. The van der Waals surface area contributed by atoms with Crippen LogP contribution in [0.15, 0.2) is 24.3 Å². The first-order chi connectivity index (χ1) is 12.9. The van der Waals surface area contributed by atoms with E-state index in [1.807, 2.05) is 18.2 Å². The van der Waals surface area contributed by atoms with Gasteiger partial charge in [0.05, 0.1) is 12.4 Å². The third-order valence-electron chi connectivity index (χ3n) is 4.36. The van der Waals surface area contributed by atoms with Crippen LogP contribution >= 0.6 is 24.0 Å². The van der Waals surface area contributed by atoms with Crippen LogP contribution in [0, 0.1) is 5.92 Å². The van der Waals surface area contributed by atoms with Gasteiger partial charge in [-0.2, -0.15) is 0 Å². The third-order valence-corrected chi connectivity index (χ3v) is 6.08. The van der Waals surface area contributed by atoms with Crippen molar-refractivity contribution in [2.75, 3.05) is 26.9 Å². The third kappa shape index (κ3) is 5.19. The number of hydrogen-bond donors (Lipinski definition) is 3. The fourth-order valence-electron chi connectivity index (χ4n) is 2.88. The minimum Gasteiger partial charge on any atom is -0.496 e. The molecule has 27 heavy (non-hydrogen) atoms. The number of carbonyl (C=O) groups excluding carboxylic acids is 2. The van der Waals surface area contributed by atoms with Crippen molar-refractivity contribution in [3.63, 3.8) is 0 Å². The number of nitrogens with one attached hydrogen (secondary N) is 1. The van der Waals surface area contributed by atoms with Gasteiger partial charge in [-0.15, -0.1) is 0 Å². The van der Waals surface area contributed by atoms with Crippen molar-refractivity contribution in [1.82, 2.24) is 10.2 Å². The highest BCUT2D eigenvalue weighted by Crippen LogP contribution is 2.42. The van der Waals surface area contributed by atoms with Crippen molar-refractivity contribution < 1.29 is 24.5 Å². The Kier molecular flexibility index (Phi) is 8.03. The maximum atomic E-state index is 13.1. The largest absolute Gasteiger partial charge is 0.496 e. The number of para-hydroxylation sites is 1. The molecule has 9 heteroatoms. The highest BCUT2D eigenvalue weighted by atomic mass is 32.2. The first kappa shape index (κ1) is 21.6. The van der Waals surface area contributed by atoms with Crippen molar-refractivity contribution in [3.8, 4) is 5.75 Å². The molecule has 2 amide bonds. The molecule has 1 aliphatic rings. The minimum absolute atomic E-state index is 0.169. The topological polar surface area (TPSA) is 99.1 Å². The quantitative estimate of drug-likeness (QED) is 0.550. The van der Waals surface area contributed by atoms with Crippen LogP contribution in [0.4, 0.5) is 0 Å². The molecule has 2 rings (SSSR count).